The van der Waals surface area contributed by atoms with E-state index in [9.17, 15) is 27.0 Å². The normalized spacial score (nSPS) is 14.9. The van der Waals surface area contributed by atoms with E-state index in [4.69, 9.17) is 0 Å². The number of rotatable bonds is 10. The third kappa shape index (κ3) is 7.24. The first-order valence-corrected chi connectivity index (χ1v) is 14.8. The van der Waals surface area contributed by atoms with Crippen molar-refractivity contribution >= 4 is 28.0 Å². The lowest BCUT2D eigenvalue weighted by atomic mass is 9.87. The van der Waals surface area contributed by atoms with Gasteiger partial charge in [-0.3, -0.25) is 14.1 Å². The number of hydrogen-bond acceptors (Lipinski definition) is 4. The summed E-state index contributed by atoms with van der Waals surface area (Å²) in [5.41, 5.74) is 0.805. The summed E-state index contributed by atoms with van der Waals surface area (Å²) >= 11 is -2.45. The number of pyridine rings is 1. The van der Waals surface area contributed by atoms with Gasteiger partial charge < -0.3 is 4.57 Å². The lowest BCUT2D eigenvalue weighted by Gasteiger charge is -2.26. The van der Waals surface area contributed by atoms with E-state index in [-0.39, 0.29) is 27.8 Å². The molecule has 2 aromatic carbocycles. The van der Waals surface area contributed by atoms with Crippen molar-refractivity contribution in [1.29, 1.82) is 0 Å². The fourth-order valence-electron chi connectivity index (χ4n) is 4.13. The van der Waals surface area contributed by atoms with Crippen molar-refractivity contribution in [2.24, 2.45) is 7.05 Å². The van der Waals surface area contributed by atoms with Gasteiger partial charge in [0.1, 0.15) is 11.6 Å². The predicted octanol–water partition coefficient (Wildman–Crippen LogP) is 4.85. The van der Waals surface area contributed by atoms with Gasteiger partial charge in [-0.15, -0.1) is 0 Å². The molecule has 12 heteroatoms. The van der Waals surface area contributed by atoms with Gasteiger partial charge in [-0.05, 0) is 81.6 Å². The minimum absolute atomic E-state index is 0.00661. The zero-order valence-corrected chi connectivity index (χ0v) is 24.7. The van der Waals surface area contributed by atoms with Crippen LogP contribution in [0.3, 0.4) is 0 Å². The highest BCUT2D eigenvalue weighted by Gasteiger charge is 2.28. The van der Waals surface area contributed by atoms with Crippen LogP contribution in [0.15, 0.2) is 53.5 Å². The Balaban J connectivity index is 2.35. The number of nitrogens with zero attached hydrogens (tertiary/aromatic N) is 1. The Morgan fingerprint density at radius 2 is 1.65 bits per heavy atom. The van der Waals surface area contributed by atoms with Gasteiger partial charge in [0.25, 0.3) is 5.56 Å². The van der Waals surface area contributed by atoms with Gasteiger partial charge in [-0.25, -0.2) is 26.6 Å². The van der Waals surface area contributed by atoms with Crippen molar-refractivity contribution < 1.29 is 26.5 Å². The van der Waals surface area contributed by atoms with Gasteiger partial charge in [-0.1, -0.05) is 6.92 Å². The summed E-state index contributed by atoms with van der Waals surface area (Å²) in [5.74, 6) is -1.94. The standard InChI is InChI=1S/C28H33F2N3O5S2/c1-7-25(32-39(36)28(3,4)5)21-14-26(34)33(6)15-23(21)20-12-19(16(2)31-40(37)38)24(30)13-22(20)27(35)17-8-10-18(29)11-9-17/h8-16,25,31-32H,7H2,1-6H3,(H,37,38)/t16?,25-,39?/m0/s1. The fourth-order valence-corrected chi connectivity index (χ4v) is 5.47. The molecule has 0 aliphatic heterocycles. The number of carbonyl (C=O) groups is 1. The van der Waals surface area contributed by atoms with Crippen molar-refractivity contribution in [3.05, 3.63) is 92.9 Å². The number of halogens is 2. The van der Waals surface area contributed by atoms with Crippen molar-refractivity contribution in [3.63, 3.8) is 0 Å². The van der Waals surface area contributed by atoms with Crippen LogP contribution in [-0.2, 0) is 29.3 Å². The Morgan fingerprint density at radius 1 is 1.02 bits per heavy atom. The number of aromatic nitrogens is 1. The van der Waals surface area contributed by atoms with Crippen LogP contribution in [0.1, 0.15) is 80.2 Å². The molecule has 0 aliphatic carbocycles. The highest BCUT2D eigenvalue weighted by molar-refractivity contribution is 7.84. The molecule has 1 heterocycles. The van der Waals surface area contributed by atoms with E-state index in [1.807, 2.05) is 6.92 Å². The maximum Gasteiger partial charge on any atom is 0.250 e. The molecular formula is C28H33F2N3O5S2. The molecule has 0 amide bonds. The SMILES string of the molecule is CC[C@H](NS(=O)C(C)(C)C)c1cc(=O)n(C)cc1-c1cc(C(C)NS(=O)O)c(F)cc1C(=O)c1ccc(F)cc1. The van der Waals surface area contributed by atoms with Crippen molar-refractivity contribution in [1.82, 2.24) is 14.0 Å². The van der Waals surface area contributed by atoms with Crippen molar-refractivity contribution in [2.45, 2.75) is 57.9 Å². The Kier molecular flexibility index (Phi) is 10.1. The quantitative estimate of drug-likeness (QED) is 0.230. The average molecular weight is 594 g/mol. The number of nitrogens with one attached hydrogen (secondary N) is 2. The largest absolute Gasteiger partial charge is 0.318 e. The van der Waals surface area contributed by atoms with E-state index in [2.05, 4.69) is 9.44 Å². The molecule has 0 radical (unpaired) electrons. The molecule has 40 heavy (non-hydrogen) atoms. The lowest BCUT2D eigenvalue weighted by molar-refractivity contribution is 0.103. The number of ketones is 1. The minimum Gasteiger partial charge on any atom is -0.318 e. The summed E-state index contributed by atoms with van der Waals surface area (Å²) in [5, 5.41) is 0. The summed E-state index contributed by atoms with van der Waals surface area (Å²) < 4.78 is 68.8. The van der Waals surface area contributed by atoms with E-state index in [0.717, 1.165) is 18.2 Å². The number of hydrogen-bond donors (Lipinski definition) is 3. The summed E-state index contributed by atoms with van der Waals surface area (Å²) in [6.07, 6.45) is 1.95. The van der Waals surface area contributed by atoms with Crippen LogP contribution in [0, 0.1) is 11.6 Å². The molecule has 4 atom stereocenters. The van der Waals surface area contributed by atoms with Gasteiger partial charge in [0.05, 0.1) is 15.7 Å². The molecule has 0 fully saturated rings. The first-order valence-electron chi connectivity index (χ1n) is 12.5. The second-order valence-electron chi connectivity index (χ2n) is 10.4. The van der Waals surface area contributed by atoms with Crippen LogP contribution in [0.25, 0.3) is 11.1 Å². The maximum atomic E-state index is 15.4. The van der Waals surface area contributed by atoms with Crippen LogP contribution in [0.4, 0.5) is 8.78 Å². The van der Waals surface area contributed by atoms with Gasteiger partial charge in [-0.2, -0.15) is 0 Å². The molecule has 0 saturated carbocycles. The number of benzene rings is 2. The Morgan fingerprint density at radius 3 is 2.20 bits per heavy atom. The average Bonchev–Trinajstić information content (AvgIpc) is 2.87. The Bertz CT molecular complexity index is 1520. The van der Waals surface area contributed by atoms with Gasteiger partial charge in [0, 0.05) is 53.6 Å². The monoisotopic (exact) mass is 593 g/mol. The second-order valence-corrected chi connectivity index (χ2v) is 13.1. The predicted molar refractivity (Wildman–Crippen MR) is 153 cm³/mol. The first-order chi connectivity index (χ1) is 18.6. The summed E-state index contributed by atoms with van der Waals surface area (Å²) in [4.78, 5) is 26.4. The molecule has 0 spiro atoms. The Labute approximate surface area is 237 Å². The molecule has 0 aliphatic rings. The zero-order valence-electron chi connectivity index (χ0n) is 23.1. The molecule has 3 unspecified atom stereocenters. The number of aryl methyl sites for hydroxylation is 1. The maximum absolute atomic E-state index is 15.4. The van der Waals surface area contributed by atoms with Crippen LogP contribution < -0.4 is 15.0 Å². The molecule has 3 rings (SSSR count). The highest BCUT2D eigenvalue weighted by atomic mass is 32.2. The van der Waals surface area contributed by atoms with E-state index in [1.54, 1.807) is 20.8 Å². The van der Waals surface area contributed by atoms with Crippen LogP contribution in [0.2, 0.25) is 0 Å². The highest BCUT2D eigenvalue weighted by Crippen LogP contribution is 2.36. The third-order valence-electron chi connectivity index (χ3n) is 6.37. The zero-order chi connectivity index (χ0) is 29.9. The van der Waals surface area contributed by atoms with Crippen LogP contribution in [-0.4, -0.2) is 28.1 Å². The first kappa shape index (κ1) is 31.6. The van der Waals surface area contributed by atoms with E-state index in [0.29, 0.717) is 17.5 Å². The molecular weight excluding hydrogens is 560 g/mol. The second kappa shape index (κ2) is 12.7. The van der Waals surface area contributed by atoms with Crippen LogP contribution in [0.5, 0.6) is 0 Å². The van der Waals surface area contributed by atoms with Crippen LogP contribution >= 0.6 is 0 Å². The molecule has 3 aromatic rings. The molecule has 216 valence electrons. The summed E-state index contributed by atoms with van der Waals surface area (Å²) in [6.45, 7) is 8.75. The van der Waals surface area contributed by atoms with Gasteiger partial charge in [0.15, 0.2) is 5.78 Å². The fraction of sp³-hybridized carbons (Fsp3) is 0.357. The van der Waals surface area contributed by atoms with E-state index >= 15 is 4.39 Å². The molecule has 0 saturated heterocycles. The molecule has 1 aromatic heterocycles. The van der Waals surface area contributed by atoms with Crippen molar-refractivity contribution in [2.75, 3.05) is 0 Å². The van der Waals surface area contributed by atoms with Crippen molar-refractivity contribution in [3.8, 4) is 11.1 Å². The molecule has 0 bridgehead atoms. The number of carbonyl (C=O) groups excluding carboxylic acids is 1. The third-order valence-corrected chi connectivity index (χ3v) is 8.54. The summed E-state index contributed by atoms with van der Waals surface area (Å²) in [6, 6.07) is 7.13. The topological polar surface area (TPSA) is 118 Å². The smallest absolute Gasteiger partial charge is 0.250 e. The minimum atomic E-state index is -2.45. The molecule has 3 N–H and O–H groups in total. The Hall–Kier alpha value is -2.90. The van der Waals surface area contributed by atoms with E-state index in [1.165, 1.54) is 49.0 Å². The van der Waals surface area contributed by atoms with Gasteiger partial charge >= 0.3 is 0 Å². The van der Waals surface area contributed by atoms with E-state index < -0.39 is 56.5 Å². The van der Waals surface area contributed by atoms with Gasteiger partial charge in [0.2, 0.25) is 11.3 Å². The lowest BCUT2D eigenvalue weighted by Crippen LogP contribution is -2.36. The molecule has 8 nitrogen and oxygen atoms in total. The summed E-state index contributed by atoms with van der Waals surface area (Å²) in [7, 11) is 0.0246.